The molecule has 1 fully saturated rings. The Labute approximate surface area is 192 Å². The second-order valence-corrected chi connectivity index (χ2v) is 10.8. The van der Waals surface area contributed by atoms with Gasteiger partial charge in [0, 0.05) is 37.2 Å². The fourth-order valence-electron chi connectivity index (χ4n) is 4.73. The van der Waals surface area contributed by atoms with E-state index in [-0.39, 0.29) is 55.5 Å². The van der Waals surface area contributed by atoms with Crippen molar-refractivity contribution in [3.05, 3.63) is 59.9 Å². The SMILES string of the molecule is O=S1(=O)NC[C@H](O)CN(Cc2ccccc2F)CC2(COc3ccccc31)C[C@@H](O)[C@@H](O)C2. The molecule has 1 saturated carbocycles. The van der Waals surface area contributed by atoms with Gasteiger partial charge in [-0.1, -0.05) is 30.3 Å². The summed E-state index contributed by atoms with van der Waals surface area (Å²) in [5.41, 5.74) is -0.300. The Morgan fingerprint density at radius 2 is 1.73 bits per heavy atom. The molecule has 1 aliphatic heterocycles. The normalized spacial score (nSPS) is 30.7. The zero-order valence-corrected chi connectivity index (χ0v) is 18.9. The van der Waals surface area contributed by atoms with Crippen LogP contribution in [0.3, 0.4) is 0 Å². The predicted molar refractivity (Wildman–Crippen MR) is 118 cm³/mol. The number of ether oxygens (including phenoxy) is 1. The molecule has 4 atom stereocenters. The predicted octanol–water partition coefficient (Wildman–Crippen LogP) is 0.861. The maximum atomic E-state index is 14.4. The number of hydrogen-bond donors (Lipinski definition) is 4. The molecular formula is C23H29FN2O6S. The quantitative estimate of drug-likeness (QED) is 0.503. The molecule has 1 aliphatic carbocycles. The first kappa shape index (κ1) is 24.1. The lowest BCUT2D eigenvalue weighted by Gasteiger charge is -2.37. The first-order valence-corrected chi connectivity index (χ1v) is 12.4. The summed E-state index contributed by atoms with van der Waals surface area (Å²) in [5.74, 6) is -0.236. The zero-order chi connectivity index (χ0) is 23.6. The Hall–Kier alpha value is -2.08. The summed E-state index contributed by atoms with van der Waals surface area (Å²) in [5, 5.41) is 31.3. The molecule has 4 N–H and O–H groups in total. The minimum atomic E-state index is -3.95. The molecule has 10 heteroatoms. The van der Waals surface area contributed by atoms with E-state index in [1.54, 1.807) is 36.4 Å². The van der Waals surface area contributed by atoms with Crippen LogP contribution in [0.25, 0.3) is 0 Å². The topological polar surface area (TPSA) is 119 Å². The summed E-state index contributed by atoms with van der Waals surface area (Å²) in [7, 11) is -3.95. The number of aliphatic hydroxyl groups excluding tert-OH is 3. The van der Waals surface area contributed by atoms with Crippen molar-refractivity contribution in [3.63, 3.8) is 0 Å². The summed E-state index contributed by atoms with van der Waals surface area (Å²) in [6.07, 6.45) is -2.52. The number of nitrogens with zero attached hydrogens (tertiary/aromatic N) is 1. The van der Waals surface area contributed by atoms with Gasteiger partial charge in [0.15, 0.2) is 0 Å². The number of benzene rings is 2. The van der Waals surface area contributed by atoms with Gasteiger partial charge in [-0.05, 0) is 31.0 Å². The average Bonchev–Trinajstić information content (AvgIpc) is 3.05. The molecule has 4 rings (SSSR count). The Bertz CT molecular complexity index is 1070. The van der Waals surface area contributed by atoms with Crippen LogP contribution in [-0.4, -0.2) is 73.2 Å². The van der Waals surface area contributed by atoms with Gasteiger partial charge >= 0.3 is 0 Å². The van der Waals surface area contributed by atoms with E-state index in [1.165, 1.54) is 12.1 Å². The third kappa shape index (κ3) is 5.53. The molecule has 0 radical (unpaired) electrons. The number of aliphatic hydroxyl groups is 3. The first-order chi connectivity index (χ1) is 15.7. The van der Waals surface area contributed by atoms with Crippen LogP contribution in [0.1, 0.15) is 18.4 Å². The molecule has 0 saturated heterocycles. The van der Waals surface area contributed by atoms with Crippen molar-refractivity contribution < 1.29 is 32.9 Å². The molecule has 0 aromatic heterocycles. The van der Waals surface area contributed by atoms with Crippen molar-refractivity contribution in [3.8, 4) is 5.75 Å². The number of hydrogen-bond acceptors (Lipinski definition) is 7. The van der Waals surface area contributed by atoms with Crippen LogP contribution >= 0.6 is 0 Å². The molecule has 180 valence electrons. The minimum absolute atomic E-state index is 0.0392. The highest BCUT2D eigenvalue weighted by molar-refractivity contribution is 7.89. The van der Waals surface area contributed by atoms with Crippen LogP contribution in [0.5, 0.6) is 5.75 Å². The van der Waals surface area contributed by atoms with Gasteiger partial charge in [0.1, 0.15) is 16.5 Å². The average molecular weight is 481 g/mol. The Kier molecular flexibility index (Phi) is 7.04. The van der Waals surface area contributed by atoms with Crippen molar-refractivity contribution in [2.24, 2.45) is 5.41 Å². The molecule has 2 aromatic carbocycles. The van der Waals surface area contributed by atoms with E-state index in [1.807, 2.05) is 4.90 Å². The second-order valence-electron chi connectivity index (χ2n) is 9.05. The summed E-state index contributed by atoms with van der Waals surface area (Å²) >= 11 is 0. The lowest BCUT2D eigenvalue weighted by Crippen LogP contribution is -2.46. The maximum Gasteiger partial charge on any atom is 0.244 e. The maximum absolute atomic E-state index is 14.4. The molecule has 1 heterocycles. The number of nitrogens with one attached hydrogen (secondary N) is 1. The van der Waals surface area contributed by atoms with Gasteiger partial charge in [-0.25, -0.2) is 17.5 Å². The molecule has 1 unspecified atom stereocenters. The van der Waals surface area contributed by atoms with Gasteiger partial charge in [-0.15, -0.1) is 0 Å². The van der Waals surface area contributed by atoms with Gasteiger partial charge in [0.2, 0.25) is 10.0 Å². The summed E-state index contributed by atoms with van der Waals surface area (Å²) in [6, 6.07) is 12.5. The smallest absolute Gasteiger partial charge is 0.244 e. The summed E-state index contributed by atoms with van der Waals surface area (Å²) in [4.78, 5) is 1.77. The molecule has 33 heavy (non-hydrogen) atoms. The van der Waals surface area contributed by atoms with Gasteiger partial charge in [-0.3, -0.25) is 4.90 Å². The van der Waals surface area contributed by atoms with E-state index in [2.05, 4.69) is 4.72 Å². The van der Waals surface area contributed by atoms with Gasteiger partial charge in [-0.2, -0.15) is 0 Å². The van der Waals surface area contributed by atoms with Crippen LogP contribution in [0.15, 0.2) is 53.4 Å². The van der Waals surface area contributed by atoms with Crippen LogP contribution in [0, 0.1) is 11.2 Å². The van der Waals surface area contributed by atoms with E-state index in [9.17, 15) is 28.1 Å². The van der Waals surface area contributed by atoms with E-state index >= 15 is 0 Å². The van der Waals surface area contributed by atoms with E-state index in [0.29, 0.717) is 12.1 Å². The largest absolute Gasteiger partial charge is 0.492 e. The number of β-amino-alcohol motifs (C(OH)–C–C–N with tert-alkyl or cyclic N) is 1. The molecular weight excluding hydrogens is 451 g/mol. The van der Waals surface area contributed by atoms with E-state index in [0.717, 1.165) is 0 Å². The fraction of sp³-hybridized carbons (Fsp3) is 0.478. The Morgan fingerprint density at radius 1 is 1.06 bits per heavy atom. The highest BCUT2D eigenvalue weighted by Crippen LogP contribution is 2.41. The van der Waals surface area contributed by atoms with Gasteiger partial charge in [0.25, 0.3) is 0 Å². The molecule has 1 spiro atoms. The van der Waals surface area contributed by atoms with E-state index in [4.69, 9.17) is 4.74 Å². The van der Waals surface area contributed by atoms with Crippen molar-refractivity contribution >= 4 is 10.0 Å². The minimum Gasteiger partial charge on any atom is -0.492 e. The third-order valence-corrected chi connectivity index (χ3v) is 7.75. The summed E-state index contributed by atoms with van der Waals surface area (Å²) < 4.78 is 48.4. The number of para-hydroxylation sites is 1. The third-order valence-electron chi connectivity index (χ3n) is 6.29. The van der Waals surface area contributed by atoms with E-state index < -0.39 is 33.8 Å². The van der Waals surface area contributed by atoms with Crippen molar-refractivity contribution in [1.29, 1.82) is 0 Å². The highest BCUT2D eigenvalue weighted by Gasteiger charge is 2.46. The van der Waals surface area contributed by atoms with Gasteiger partial charge in [0.05, 0.1) is 24.9 Å². The number of sulfonamides is 1. The Balaban J connectivity index is 1.69. The molecule has 0 bridgehead atoms. The number of halogens is 1. The molecule has 2 aliphatic rings. The zero-order valence-electron chi connectivity index (χ0n) is 18.1. The number of fused-ring (bicyclic) bond motifs is 1. The van der Waals surface area contributed by atoms with Crippen LogP contribution < -0.4 is 9.46 Å². The molecule has 2 aromatic rings. The first-order valence-electron chi connectivity index (χ1n) is 10.9. The monoisotopic (exact) mass is 480 g/mol. The van der Waals surface area contributed by atoms with Crippen LogP contribution in [0.4, 0.5) is 4.39 Å². The standard InChI is InChI=1S/C23H29FN2O6S/c24-18-6-2-1-5-16(18)12-26-13-17(27)11-25-33(30,31)22-8-4-3-7-21(22)32-15-23(14-26)9-19(28)20(29)10-23/h1-8,17,19-20,25,27-29H,9-15H2/t17-,19-,20+,23?/m0/s1. The second kappa shape index (κ2) is 9.65. The fourth-order valence-corrected chi connectivity index (χ4v) is 5.95. The van der Waals surface area contributed by atoms with Crippen molar-refractivity contribution in [1.82, 2.24) is 9.62 Å². The lowest BCUT2D eigenvalue weighted by atomic mass is 9.85. The van der Waals surface area contributed by atoms with Crippen LogP contribution in [-0.2, 0) is 16.6 Å². The molecule has 8 nitrogen and oxygen atoms in total. The van der Waals surface area contributed by atoms with Crippen molar-refractivity contribution in [2.75, 3.05) is 26.2 Å². The Morgan fingerprint density at radius 3 is 2.45 bits per heavy atom. The number of rotatable bonds is 2. The highest BCUT2D eigenvalue weighted by atomic mass is 32.2. The van der Waals surface area contributed by atoms with Gasteiger partial charge < -0.3 is 20.1 Å². The van der Waals surface area contributed by atoms with Crippen molar-refractivity contribution in [2.45, 2.75) is 42.6 Å². The molecule has 0 amide bonds. The summed E-state index contributed by atoms with van der Waals surface area (Å²) in [6.45, 7) is 0.342. The lowest BCUT2D eigenvalue weighted by molar-refractivity contribution is 0.0422. The van der Waals surface area contributed by atoms with Crippen LogP contribution in [0.2, 0.25) is 0 Å².